The number of nitrogens with zero attached hydrogens (tertiary/aromatic N) is 1. The second-order valence-corrected chi connectivity index (χ2v) is 3.28. The number of halogens is 6. The van der Waals surface area contributed by atoms with Gasteiger partial charge in [-0.2, -0.15) is 31.3 Å². The summed E-state index contributed by atoms with van der Waals surface area (Å²) < 4.78 is 74.8. The van der Waals surface area contributed by atoms with Crippen LogP contribution in [0.4, 0.5) is 32.0 Å². The molecule has 0 fully saturated rings. The smallest absolute Gasteiger partial charge is 0.211 e. The summed E-state index contributed by atoms with van der Waals surface area (Å²) in [6.45, 7) is 0. The summed E-state index contributed by atoms with van der Waals surface area (Å²) in [4.78, 5) is 12.8. The normalized spacial score (nSPS) is 12.4. The molecule has 0 aliphatic carbocycles. The topological polar surface area (TPSA) is 29.4 Å². The number of hydrogen-bond acceptors (Lipinski definition) is 2. The highest BCUT2D eigenvalue weighted by Gasteiger charge is 2.58. The Labute approximate surface area is 96.9 Å². The molecule has 0 heterocycles. The lowest BCUT2D eigenvalue weighted by Gasteiger charge is -2.23. The molecule has 0 unspecified atom stereocenters. The summed E-state index contributed by atoms with van der Waals surface area (Å²) in [5.74, 6) is -3.68. The first-order chi connectivity index (χ1) is 8.18. The van der Waals surface area contributed by atoms with Gasteiger partial charge in [-0.25, -0.2) is 4.79 Å². The lowest BCUT2D eigenvalue weighted by molar-refractivity contribution is -0.253. The van der Waals surface area contributed by atoms with Crippen LogP contribution in [0.15, 0.2) is 29.3 Å². The summed E-state index contributed by atoms with van der Waals surface area (Å²) in [5.41, 5.74) is -1.83. The Kier molecular flexibility index (Phi) is 3.81. The van der Waals surface area contributed by atoms with Crippen molar-refractivity contribution in [3.63, 3.8) is 0 Å². The van der Waals surface area contributed by atoms with Gasteiger partial charge in [0.05, 0.1) is 5.69 Å². The quantitative estimate of drug-likeness (QED) is 0.455. The number of carbonyl (C=O) groups excluding carboxylic acids is 1. The molecule has 0 N–H and O–H groups in total. The Hall–Kier alpha value is -1.82. The molecule has 2 nitrogen and oxygen atoms in total. The first-order valence-electron chi connectivity index (χ1n) is 4.48. The van der Waals surface area contributed by atoms with Gasteiger partial charge in [0.2, 0.25) is 6.08 Å². The zero-order valence-electron chi connectivity index (χ0n) is 8.51. The molecule has 1 aromatic carbocycles. The van der Waals surface area contributed by atoms with Crippen molar-refractivity contribution < 1.29 is 31.1 Å². The van der Waals surface area contributed by atoms with E-state index in [0.29, 0.717) is 6.07 Å². The third-order valence-corrected chi connectivity index (χ3v) is 2.07. The van der Waals surface area contributed by atoms with Gasteiger partial charge in [0.25, 0.3) is 0 Å². The maximum absolute atomic E-state index is 12.5. The van der Waals surface area contributed by atoms with Crippen molar-refractivity contribution in [3.8, 4) is 0 Å². The number of para-hydroxylation sites is 1. The highest BCUT2D eigenvalue weighted by Crippen LogP contribution is 2.48. The SMILES string of the molecule is O=C=Nc1ccccc1C(C(F)(F)F)C(F)(F)F. The Morgan fingerprint density at radius 1 is 1.00 bits per heavy atom. The number of benzene rings is 1. The van der Waals surface area contributed by atoms with E-state index in [9.17, 15) is 31.1 Å². The van der Waals surface area contributed by atoms with Gasteiger partial charge in [-0.05, 0) is 11.6 Å². The highest BCUT2D eigenvalue weighted by atomic mass is 19.4. The van der Waals surface area contributed by atoms with Gasteiger partial charge < -0.3 is 0 Å². The van der Waals surface area contributed by atoms with E-state index in [2.05, 4.69) is 4.99 Å². The van der Waals surface area contributed by atoms with Gasteiger partial charge in [-0.1, -0.05) is 18.2 Å². The van der Waals surface area contributed by atoms with E-state index in [1.807, 2.05) is 0 Å². The van der Waals surface area contributed by atoms with Gasteiger partial charge in [0.15, 0.2) is 5.92 Å². The molecular weight excluding hydrogens is 264 g/mol. The number of aliphatic imine (C=N–C) groups is 1. The van der Waals surface area contributed by atoms with Gasteiger partial charge in [0, 0.05) is 0 Å². The van der Waals surface area contributed by atoms with Crippen molar-refractivity contribution in [3.05, 3.63) is 29.8 Å². The first kappa shape index (κ1) is 14.2. The average Bonchev–Trinajstić information content (AvgIpc) is 2.17. The monoisotopic (exact) mass is 269 g/mol. The third-order valence-electron chi connectivity index (χ3n) is 2.07. The predicted molar refractivity (Wildman–Crippen MR) is 49.1 cm³/mol. The third kappa shape index (κ3) is 3.10. The summed E-state index contributed by atoms with van der Waals surface area (Å²) >= 11 is 0. The van der Waals surface area contributed by atoms with E-state index >= 15 is 0 Å². The summed E-state index contributed by atoms with van der Waals surface area (Å²) in [5, 5.41) is 0. The highest BCUT2D eigenvalue weighted by molar-refractivity contribution is 5.55. The van der Waals surface area contributed by atoms with Crippen LogP contribution in [0.1, 0.15) is 11.5 Å². The largest absolute Gasteiger partial charge is 0.404 e. The molecule has 18 heavy (non-hydrogen) atoms. The molecule has 0 bridgehead atoms. The van der Waals surface area contributed by atoms with Crippen molar-refractivity contribution in [2.75, 3.05) is 0 Å². The van der Waals surface area contributed by atoms with Crippen molar-refractivity contribution in [1.29, 1.82) is 0 Å². The molecular formula is C10H5F6NO. The van der Waals surface area contributed by atoms with Crippen LogP contribution in [0, 0.1) is 0 Å². The zero-order chi connectivity index (χ0) is 14.0. The molecule has 1 aromatic rings. The average molecular weight is 269 g/mol. The number of hydrogen-bond donors (Lipinski definition) is 0. The van der Waals surface area contributed by atoms with E-state index in [1.165, 1.54) is 6.07 Å². The number of isocyanates is 1. The number of alkyl halides is 6. The Balaban J connectivity index is 3.44. The fourth-order valence-electron chi connectivity index (χ4n) is 1.42. The van der Waals surface area contributed by atoms with Crippen LogP contribution in [-0.4, -0.2) is 18.4 Å². The minimum atomic E-state index is -5.52. The van der Waals surface area contributed by atoms with Crippen molar-refractivity contribution in [2.45, 2.75) is 18.3 Å². The molecule has 0 radical (unpaired) electrons. The fourth-order valence-corrected chi connectivity index (χ4v) is 1.42. The second-order valence-electron chi connectivity index (χ2n) is 3.28. The standard InChI is InChI=1S/C10H5F6NO/c11-9(12,13)8(10(14,15)16)6-3-1-2-4-7(6)17-5-18/h1-4,8H. The molecule has 0 aromatic heterocycles. The fraction of sp³-hybridized carbons (Fsp3) is 0.300. The van der Waals surface area contributed by atoms with Crippen LogP contribution in [0.25, 0.3) is 0 Å². The van der Waals surface area contributed by atoms with Crippen LogP contribution in [0.5, 0.6) is 0 Å². The van der Waals surface area contributed by atoms with Crippen LogP contribution < -0.4 is 0 Å². The Morgan fingerprint density at radius 3 is 1.94 bits per heavy atom. The Bertz CT molecular complexity index is 458. The first-order valence-corrected chi connectivity index (χ1v) is 4.48. The summed E-state index contributed by atoms with van der Waals surface area (Å²) in [7, 11) is 0. The van der Waals surface area contributed by atoms with E-state index in [0.717, 1.165) is 18.2 Å². The molecule has 0 amide bonds. The van der Waals surface area contributed by atoms with Crippen LogP contribution in [0.3, 0.4) is 0 Å². The molecule has 0 spiro atoms. The maximum atomic E-state index is 12.5. The molecule has 0 aliphatic heterocycles. The van der Waals surface area contributed by atoms with Gasteiger partial charge >= 0.3 is 12.4 Å². The van der Waals surface area contributed by atoms with Crippen molar-refractivity contribution in [2.24, 2.45) is 4.99 Å². The van der Waals surface area contributed by atoms with E-state index < -0.39 is 29.5 Å². The van der Waals surface area contributed by atoms with Gasteiger partial charge in [0.1, 0.15) is 0 Å². The van der Waals surface area contributed by atoms with Crippen LogP contribution in [-0.2, 0) is 4.79 Å². The van der Waals surface area contributed by atoms with Crippen LogP contribution in [0.2, 0.25) is 0 Å². The lowest BCUT2D eigenvalue weighted by Crippen LogP contribution is -2.34. The molecule has 8 heteroatoms. The molecule has 98 valence electrons. The zero-order valence-corrected chi connectivity index (χ0v) is 8.51. The maximum Gasteiger partial charge on any atom is 0.404 e. The predicted octanol–water partition coefficient (Wildman–Crippen LogP) is 3.86. The Morgan fingerprint density at radius 2 is 1.50 bits per heavy atom. The minimum absolute atomic E-state index is 0.627. The van der Waals surface area contributed by atoms with Crippen molar-refractivity contribution >= 4 is 11.8 Å². The summed E-state index contributed by atoms with van der Waals surface area (Å²) in [6.07, 6.45) is -10.1. The second kappa shape index (κ2) is 4.81. The van der Waals surface area contributed by atoms with Crippen molar-refractivity contribution in [1.82, 2.24) is 0 Å². The molecule has 1 rings (SSSR count). The molecule has 0 atom stereocenters. The van der Waals surface area contributed by atoms with E-state index in [-0.39, 0.29) is 0 Å². The van der Waals surface area contributed by atoms with Gasteiger partial charge in [-0.15, -0.1) is 0 Å². The minimum Gasteiger partial charge on any atom is -0.211 e. The van der Waals surface area contributed by atoms with E-state index in [4.69, 9.17) is 0 Å². The summed E-state index contributed by atoms with van der Waals surface area (Å²) in [6, 6.07) is 3.68. The molecule has 0 aliphatic rings. The van der Waals surface area contributed by atoms with Crippen LogP contribution >= 0.6 is 0 Å². The lowest BCUT2D eigenvalue weighted by atomic mass is 9.96. The van der Waals surface area contributed by atoms with Gasteiger partial charge in [-0.3, -0.25) is 0 Å². The molecule has 0 saturated heterocycles. The number of rotatable bonds is 2. The van der Waals surface area contributed by atoms with E-state index in [1.54, 1.807) is 0 Å². The molecule has 0 saturated carbocycles.